The molecule has 3 aromatic carbocycles. The highest BCUT2D eigenvalue weighted by Crippen LogP contribution is 2.30. The third-order valence-electron chi connectivity index (χ3n) is 4.70. The molecule has 0 amide bonds. The number of halogens is 3. The highest BCUT2D eigenvalue weighted by molar-refractivity contribution is 14.1. The van der Waals surface area contributed by atoms with Crippen molar-refractivity contribution in [2.75, 3.05) is 14.2 Å². The molecule has 0 spiro atoms. The standard InChI is InChI=1S/C17H16F2O3.C11H13IO3/c1-10(2)22-16-8-11(4-6-14(16)17(20)21-3)13-7-5-12(18)9-15(13)19;1-7(2)15-10-6-8(12)4-5-9(10)11(13)14-3/h4-10H,1-3H3;4-7H,1-3H3. The van der Waals surface area contributed by atoms with E-state index in [2.05, 4.69) is 27.3 Å². The summed E-state index contributed by atoms with van der Waals surface area (Å²) in [6, 6.07) is 13.3. The second-order valence-corrected chi connectivity index (χ2v) is 9.54. The van der Waals surface area contributed by atoms with Gasteiger partial charge in [0, 0.05) is 15.2 Å². The SMILES string of the molecule is COC(=O)c1ccc(-c2ccc(F)cc2F)cc1OC(C)C.COC(=O)c1ccc(I)cc1OC(C)C. The van der Waals surface area contributed by atoms with E-state index in [1.165, 1.54) is 32.4 Å². The van der Waals surface area contributed by atoms with E-state index in [0.29, 0.717) is 22.6 Å². The van der Waals surface area contributed by atoms with Gasteiger partial charge in [0.25, 0.3) is 0 Å². The molecular weight excluding hydrogens is 597 g/mol. The Bertz CT molecular complexity index is 1240. The maximum absolute atomic E-state index is 13.9. The Balaban J connectivity index is 0.000000281. The maximum Gasteiger partial charge on any atom is 0.341 e. The van der Waals surface area contributed by atoms with Crippen LogP contribution in [0.15, 0.2) is 54.6 Å². The minimum Gasteiger partial charge on any atom is -0.490 e. The number of carbonyl (C=O) groups excluding carboxylic acids is 2. The first-order chi connectivity index (χ1) is 17.5. The molecule has 0 unspecified atom stereocenters. The van der Waals surface area contributed by atoms with Crippen molar-refractivity contribution >= 4 is 34.5 Å². The van der Waals surface area contributed by atoms with E-state index in [0.717, 1.165) is 9.64 Å². The van der Waals surface area contributed by atoms with E-state index in [1.807, 2.05) is 39.8 Å². The molecule has 0 radical (unpaired) electrons. The van der Waals surface area contributed by atoms with E-state index < -0.39 is 17.6 Å². The molecule has 3 aromatic rings. The number of carbonyl (C=O) groups is 2. The van der Waals surface area contributed by atoms with Crippen LogP contribution >= 0.6 is 22.6 Å². The zero-order valence-electron chi connectivity index (χ0n) is 21.4. The van der Waals surface area contributed by atoms with E-state index in [1.54, 1.807) is 18.2 Å². The van der Waals surface area contributed by atoms with Gasteiger partial charge in [-0.3, -0.25) is 0 Å². The molecule has 0 aliphatic heterocycles. The number of esters is 2. The minimum atomic E-state index is -0.679. The molecule has 3 rings (SSSR count). The zero-order valence-corrected chi connectivity index (χ0v) is 23.6. The van der Waals surface area contributed by atoms with Crippen LogP contribution in [0.5, 0.6) is 11.5 Å². The fourth-order valence-corrected chi connectivity index (χ4v) is 3.63. The van der Waals surface area contributed by atoms with Gasteiger partial charge in [0.05, 0.1) is 26.4 Å². The molecule has 37 heavy (non-hydrogen) atoms. The van der Waals surface area contributed by atoms with Crippen LogP contribution < -0.4 is 9.47 Å². The lowest BCUT2D eigenvalue weighted by Crippen LogP contribution is -2.11. The quantitative estimate of drug-likeness (QED) is 0.207. The number of ether oxygens (including phenoxy) is 4. The van der Waals surface area contributed by atoms with Gasteiger partial charge < -0.3 is 18.9 Å². The average Bonchev–Trinajstić information content (AvgIpc) is 2.83. The van der Waals surface area contributed by atoms with Gasteiger partial charge in [-0.15, -0.1) is 0 Å². The van der Waals surface area contributed by atoms with E-state index in [9.17, 15) is 18.4 Å². The molecule has 0 aromatic heterocycles. The maximum atomic E-state index is 13.9. The summed E-state index contributed by atoms with van der Waals surface area (Å²) in [5.74, 6) is -1.37. The van der Waals surface area contributed by atoms with Crippen molar-refractivity contribution in [1.82, 2.24) is 0 Å². The van der Waals surface area contributed by atoms with Gasteiger partial charge in [-0.25, -0.2) is 18.4 Å². The number of methoxy groups -OCH3 is 2. The number of benzene rings is 3. The Morgan fingerprint density at radius 1 is 0.730 bits per heavy atom. The largest absolute Gasteiger partial charge is 0.490 e. The Morgan fingerprint density at radius 2 is 1.24 bits per heavy atom. The molecule has 0 atom stereocenters. The lowest BCUT2D eigenvalue weighted by Gasteiger charge is -2.15. The van der Waals surface area contributed by atoms with Crippen LogP contribution in [0, 0.1) is 15.2 Å². The van der Waals surface area contributed by atoms with E-state index in [-0.39, 0.29) is 29.3 Å². The van der Waals surface area contributed by atoms with Gasteiger partial charge in [0.2, 0.25) is 0 Å². The van der Waals surface area contributed by atoms with Crippen molar-refractivity contribution in [1.29, 1.82) is 0 Å². The summed E-state index contributed by atoms with van der Waals surface area (Å²) in [5, 5.41) is 0. The monoisotopic (exact) mass is 626 g/mol. The number of hydrogen-bond acceptors (Lipinski definition) is 6. The highest BCUT2D eigenvalue weighted by Gasteiger charge is 2.17. The Labute approximate surface area is 229 Å². The fourth-order valence-electron chi connectivity index (χ4n) is 3.17. The molecule has 0 heterocycles. The first kappa shape index (κ1) is 30.0. The second kappa shape index (κ2) is 13.9. The van der Waals surface area contributed by atoms with E-state index in [4.69, 9.17) is 14.2 Å². The van der Waals surface area contributed by atoms with Gasteiger partial charge >= 0.3 is 11.9 Å². The molecule has 0 bridgehead atoms. The van der Waals surface area contributed by atoms with Crippen LogP contribution in [0.25, 0.3) is 11.1 Å². The smallest absolute Gasteiger partial charge is 0.341 e. The lowest BCUT2D eigenvalue weighted by atomic mass is 10.0. The Kier molecular flexibility index (Phi) is 11.3. The van der Waals surface area contributed by atoms with Crippen molar-refractivity contribution in [3.05, 3.63) is 80.9 Å². The van der Waals surface area contributed by atoms with Crippen molar-refractivity contribution in [3.63, 3.8) is 0 Å². The van der Waals surface area contributed by atoms with Gasteiger partial charge in [-0.2, -0.15) is 0 Å². The van der Waals surface area contributed by atoms with Crippen molar-refractivity contribution in [2.45, 2.75) is 39.9 Å². The van der Waals surface area contributed by atoms with Gasteiger partial charge in [0.1, 0.15) is 34.3 Å². The molecule has 198 valence electrons. The molecule has 0 saturated carbocycles. The summed E-state index contributed by atoms with van der Waals surface area (Å²) < 4.78 is 48.4. The summed E-state index contributed by atoms with van der Waals surface area (Å²) in [7, 11) is 2.63. The zero-order chi connectivity index (χ0) is 27.7. The molecule has 0 aliphatic rings. The third-order valence-corrected chi connectivity index (χ3v) is 5.37. The summed E-state index contributed by atoms with van der Waals surface area (Å²) in [6.07, 6.45) is -0.136. The Morgan fingerprint density at radius 3 is 1.73 bits per heavy atom. The summed E-state index contributed by atoms with van der Waals surface area (Å²) >= 11 is 2.17. The van der Waals surface area contributed by atoms with Gasteiger partial charge in [0.15, 0.2) is 0 Å². The molecular formula is C28H29F2IO6. The molecule has 0 N–H and O–H groups in total. The molecule has 0 aliphatic carbocycles. The first-order valence-electron chi connectivity index (χ1n) is 11.4. The van der Waals surface area contributed by atoms with E-state index >= 15 is 0 Å². The molecule has 6 nitrogen and oxygen atoms in total. The van der Waals surface area contributed by atoms with Crippen LogP contribution in [-0.2, 0) is 9.47 Å². The topological polar surface area (TPSA) is 71.1 Å². The number of rotatable bonds is 7. The average molecular weight is 626 g/mol. The minimum absolute atomic E-state index is 0.0339. The van der Waals surface area contributed by atoms with Crippen molar-refractivity contribution in [2.24, 2.45) is 0 Å². The van der Waals surface area contributed by atoms with Crippen LogP contribution in [0.4, 0.5) is 8.78 Å². The predicted octanol–water partition coefficient (Wildman–Crippen LogP) is 7.07. The Hall–Kier alpha value is -3.21. The molecule has 0 saturated heterocycles. The lowest BCUT2D eigenvalue weighted by molar-refractivity contribution is 0.0584. The third kappa shape index (κ3) is 8.70. The molecule has 9 heteroatoms. The first-order valence-corrected chi connectivity index (χ1v) is 12.4. The highest BCUT2D eigenvalue weighted by atomic mass is 127. The van der Waals surface area contributed by atoms with Crippen LogP contribution in [0.1, 0.15) is 48.4 Å². The van der Waals surface area contributed by atoms with Crippen molar-refractivity contribution in [3.8, 4) is 22.6 Å². The fraction of sp³-hybridized carbons (Fsp3) is 0.286. The van der Waals surface area contributed by atoms with Crippen LogP contribution in [0.2, 0.25) is 0 Å². The molecule has 0 fully saturated rings. The predicted molar refractivity (Wildman–Crippen MR) is 145 cm³/mol. The summed E-state index contributed by atoms with van der Waals surface area (Å²) in [5.41, 5.74) is 1.43. The van der Waals surface area contributed by atoms with Gasteiger partial charge in [-0.1, -0.05) is 6.07 Å². The summed E-state index contributed by atoms with van der Waals surface area (Å²) in [6.45, 7) is 7.46. The van der Waals surface area contributed by atoms with Crippen LogP contribution in [-0.4, -0.2) is 38.4 Å². The van der Waals surface area contributed by atoms with Crippen molar-refractivity contribution < 1.29 is 37.3 Å². The number of hydrogen-bond donors (Lipinski definition) is 0. The second-order valence-electron chi connectivity index (χ2n) is 8.29. The normalized spacial score (nSPS) is 10.5. The van der Waals surface area contributed by atoms with Gasteiger partial charge in [-0.05, 0) is 98.3 Å². The summed E-state index contributed by atoms with van der Waals surface area (Å²) in [4.78, 5) is 23.2. The van der Waals surface area contributed by atoms with Crippen LogP contribution in [0.3, 0.4) is 0 Å².